The lowest BCUT2D eigenvalue weighted by Gasteiger charge is -2.26. The minimum Gasteiger partial charge on any atom is -0.382 e. The summed E-state index contributed by atoms with van der Waals surface area (Å²) in [5.41, 5.74) is 1.86. The number of benzene rings is 1. The summed E-state index contributed by atoms with van der Waals surface area (Å²) in [6.07, 6.45) is 3.45. The molecular weight excluding hydrogens is 177 g/mol. The molecule has 2 heteroatoms. The summed E-state index contributed by atoms with van der Waals surface area (Å²) in [5.74, 6) is 0.562. The molecule has 1 aromatic rings. The zero-order valence-electron chi connectivity index (χ0n) is 8.52. The van der Waals surface area contributed by atoms with Crippen molar-refractivity contribution in [2.75, 3.05) is 11.9 Å². The van der Waals surface area contributed by atoms with Crippen molar-refractivity contribution in [2.24, 2.45) is 5.92 Å². The predicted molar refractivity (Wildman–Crippen MR) is 57.0 cm³/mol. The zero-order valence-corrected chi connectivity index (χ0v) is 8.52. The van der Waals surface area contributed by atoms with Gasteiger partial charge in [-0.05, 0) is 30.4 Å². The van der Waals surface area contributed by atoms with E-state index >= 15 is 0 Å². The average Bonchev–Trinajstić information content (AvgIpc) is 2.18. The van der Waals surface area contributed by atoms with Gasteiger partial charge in [-0.3, -0.25) is 0 Å². The molecule has 0 saturated heterocycles. The maximum Gasteiger partial charge on any atom is 0.146 e. The highest BCUT2D eigenvalue weighted by molar-refractivity contribution is 5.54. The quantitative estimate of drug-likeness (QED) is 0.760. The Labute approximate surface area is 84.3 Å². The molecule has 0 saturated carbocycles. The minimum atomic E-state index is -0.113. The van der Waals surface area contributed by atoms with Gasteiger partial charge in [0, 0.05) is 6.54 Å². The Balaban J connectivity index is 2.18. The fourth-order valence-electron chi connectivity index (χ4n) is 2.18. The molecule has 0 fully saturated rings. The normalized spacial score (nSPS) is 20.0. The standard InChI is InChI=1S/C12H16FN/c1-2-4-9-7-10-5-3-6-11(13)12(10)14-8-9/h3,5-6,9,14H,2,4,7-8H2,1H3. The van der Waals surface area contributed by atoms with Gasteiger partial charge in [-0.2, -0.15) is 0 Å². The van der Waals surface area contributed by atoms with Crippen molar-refractivity contribution in [3.05, 3.63) is 29.6 Å². The Hall–Kier alpha value is -1.05. The van der Waals surface area contributed by atoms with Crippen LogP contribution >= 0.6 is 0 Å². The fourth-order valence-corrected chi connectivity index (χ4v) is 2.18. The van der Waals surface area contributed by atoms with E-state index in [0.29, 0.717) is 5.92 Å². The van der Waals surface area contributed by atoms with E-state index in [0.717, 1.165) is 24.2 Å². The summed E-state index contributed by atoms with van der Waals surface area (Å²) < 4.78 is 13.3. The monoisotopic (exact) mass is 193 g/mol. The lowest BCUT2D eigenvalue weighted by atomic mass is 9.90. The second-order valence-corrected chi connectivity index (χ2v) is 4.01. The van der Waals surface area contributed by atoms with E-state index in [1.165, 1.54) is 18.9 Å². The van der Waals surface area contributed by atoms with E-state index in [1.54, 1.807) is 6.07 Å². The second-order valence-electron chi connectivity index (χ2n) is 4.01. The Morgan fingerprint density at radius 1 is 1.50 bits per heavy atom. The van der Waals surface area contributed by atoms with Crippen LogP contribution in [0.5, 0.6) is 0 Å². The predicted octanol–water partition coefficient (Wildman–Crippen LogP) is 3.21. The molecule has 1 aliphatic rings. The number of hydrogen-bond donors (Lipinski definition) is 1. The largest absolute Gasteiger partial charge is 0.382 e. The summed E-state index contributed by atoms with van der Waals surface area (Å²) >= 11 is 0. The van der Waals surface area contributed by atoms with Crippen LogP contribution in [0.1, 0.15) is 25.3 Å². The Bertz CT molecular complexity index is 322. The highest BCUT2D eigenvalue weighted by Crippen LogP contribution is 2.28. The van der Waals surface area contributed by atoms with Crippen molar-refractivity contribution in [1.29, 1.82) is 0 Å². The molecule has 2 rings (SSSR count). The molecule has 76 valence electrons. The van der Waals surface area contributed by atoms with E-state index in [9.17, 15) is 4.39 Å². The molecule has 1 aromatic carbocycles. The van der Waals surface area contributed by atoms with Gasteiger partial charge in [0.2, 0.25) is 0 Å². The number of rotatable bonds is 2. The first-order chi connectivity index (χ1) is 6.81. The lowest BCUT2D eigenvalue weighted by molar-refractivity contribution is 0.484. The number of nitrogens with one attached hydrogen (secondary N) is 1. The molecule has 1 heterocycles. The smallest absolute Gasteiger partial charge is 0.146 e. The zero-order chi connectivity index (χ0) is 9.97. The number of anilines is 1. The van der Waals surface area contributed by atoms with Gasteiger partial charge in [-0.15, -0.1) is 0 Å². The molecule has 0 aromatic heterocycles. The Morgan fingerprint density at radius 3 is 3.14 bits per heavy atom. The van der Waals surface area contributed by atoms with E-state index in [1.807, 2.05) is 6.07 Å². The van der Waals surface area contributed by atoms with Crippen molar-refractivity contribution in [1.82, 2.24) is 0 Å². The summed E-state index contributed by atoms with van der Waals surface area (Å²) in [4.78, 5) is 0. The van der Waals surface area contributed by atoms with Crippen LogP contribution in [0.15, 0.2) is 18.2 Å². The number of hydrogen-bond acceptors (Lipinski definition) is 1. The lowest BCUT2D eigenvalue weighted by Crippen LogP contribution is -2.23. The summed E-state index contributed by atoms with van der Waals surface area (Å²) in [5, 5.41) is 3.19. The molecule has 14 heavy (non-hydrogen) atoms. The topological polar surface area (TPSA) is 12.0 Å². The molecular formula is C12H16FN. The number of halogens is 1. The minimum absolute atomic E-state index is 0.113. The molecule has 0 bridgehead atoms. The first-order valence-electron chi connectivity index (χ1n) is 5.32. The SMILES string of the molecule is CCCC1CNc2c(F)cccc2C1. The highest BCUT2D eigenvalue weighted by atomic mass is 19.1. The van der Waals surface area contributed by atoms with Crippen molar-refractivity contribution in [2.45, 2.75) is 26.2 Å². The van der Waals surface area contributed by atoms with Gasteiger partial charge >= 0.3 is 0 Å². The van der Waals surface area contributed by atoms with Crippen LogP contribution in [0.25, 0.3) is 0 Å². The third-order valence-corrected chi connectivity index (χ3v) is 2.87. The summed E-state index contributed by atoms with van der Waals surface area (Å²) in [6.45, 7) is 3.11. The summed E-state index contributed by atoms with van der Waals surface area (Å²) in [6, 6.07) is 5.34. The molecule has 0 amide bonds. The van der Waals surface area contributed by atoms with Crippen LogP contribution in [0.4, 0.5) is 10.1 Å². The van der Waals surface area contributed by atoms with Crippen molar-refractivity contribution in [3.63, 3.8) is 0 Å². The maximum atomic E-state index is 13.3. The van der Waals surface area contributed by atoms with E-state index in [2.05, 4.69) is 12.2 Å². The average molecular weight is 193 g/mol. The molecule has 1 N–H and O–H groups in total. The first kappa shape index (κ1) is 9.50. The van der Waals surface area contributed by atoms with Gasteiger partial charge in [0.05, 0.1) is 5.69 Å². The van der Waals surface area contributed by atoms with E-state index in [-0.39, 0.29) is 5.82 Å². The van der Waals surface area contributed by atoms with Crippen LogP contribution in [-0.2, 0) is 6.42 Å². The summed E-state index contributed by atoms with van der Waals surface area (Å²) in [7, 11) is 0. The van der Waals surface area contributed by atoms with Gasteiger partial charge < -0.3 is 5.32 Å². The van der Waals surface area contributed by atoms with Gasteiger partial charge in [0.25, 0.3) is 0 Å². The molecule has 1 atom stereocenters. The van der Waals surface area contributed by atoms with Crippen molar-refractivity contribution in [3.8, 4) is 0 Å². The van der Waals surface area contributed by atoms with Gasteiger partial charge in [-0.25, -0.2) is 4.39 Å². The first-order valence-corrected chi connectivity index (χ1v) is 5.32. The van der Waals surface area contributed by atoms with Crippen LogP contribution in [0, 0.1) is 11.7 Å². The molecule has 0 aliphatic carbocycles. The maximum absolute atomic E-state index is 13.3. The van der Waals surface area contributed by atoms with Crippen LogP contribution in [-0.4, -0.2) is 6.54 Å². The van der Waals surface area contributed by atoms with Crippen LogP contribution in [0.2, 0.25) is 0 Å². The number of fused-ring (bicyclic) bond motifs is 1. The van der Waals surface area contributed by atoms with Crippen molar-refractivity contribution >= 4 is 5.69 Å². The molecule has 0 radical (unpaired) electrons. The van der Waals surface area contributed by atoms with Gasteiger partial charge in [0.1, 0.15) is 5.82 Å². The third-order valence-electron chi connectivity index (χ3n) is 2.87. The Morgan fingerprint density at radius 2 is 2.36 bits per heavy atom. The van der Waals surface area contributed by atoms with Crippen LogP contribution in [0.3, 0.4) is 0 Å². The Kier molecular flexibility index (Phi) is 2.71. The third kappa shape index (κ3) is 1.74. The molecule has 1 aliphatic heterocycles. The molecule has 0 spiro atoms. The van der Waals surface area contributed by atoms with E-state index < -0.39 is 0 Å². The van der Waals surface area contributed by atoms with Gasteiger partial charge in [0.15, 0.2) is 0 Å². The van der Waals surface area contributed by atoms with Crippen LogP contribution < -0.4 is 5.32 Å². The van der Waals surface area contributed by atoms with Gasteiger partial charge in [-0.1, -0.05) is 25.5 Å². The second kappa shape index (κ2) is 3.99. The molecule has 1 unspecified atom stereocenters. The fraction of sp³-hybridized carbons (Fsp3) is 0.500. The number of para-hydroxylation sites is 1. The molecule has 1 nitrogen and oxygen atoms in total. The van der Waals surface area contributed by atoms with Crippen molar-refractivity contribution < 1.29 is 4.39 Å². The van der Waals surface area contributed by atoms with E-state index in [4.69, 9.17) is 0 Å². The highest BCUT2D eigenvalue weighted by Gasteiger charge is 2.19.